The molecule has 118 valence electrons. The van der Waals surface area contributed by atoms with E-state index in [1.807, 2.05) is 24.3 Å². The van der Waals surface area contributed by atoms with Crippen LogP contribution in [0.5, 0.6) is 5.75 Å². The molecule has 3 rings (SSSR count). The number of hydrogen-bond donors (Lipinski definition) is 1. The molecule has 4 heteroatoms. The van der Waals surface area contributed by atoms with Crippen LogP contribution in [0.4, 0.5) is 0 Å². The molecule has 1 aliphatic heterocycles. The number of aliphatic hydroxyl groups excluding tert-OH is 1. The van der Waals surface area contributed by atoms with Crippen LogP contribution in [-0.4, -0.2) is 36.3 Å². The molecule has 1 heterocycles. The first-order valence-electron chi connectivity index (χ1n) is 7.87. The Hall–Kier alpha value is -2.35. The maximum atomic E-state index is 9.77. The van der Waals surface area contributed by atoms with Crippen molar-refractivity contribution in [3.05, 3.63) is 65.2 Å². The molecule has 0 bridgehead atoms. The molecular weight excluding hydrogens is 288 g/mol. The van der Waals surface area contributed by atoms with Crippen LogP contribution in [0.3, 0.4) is 0 Å². The SMILES string of the molecule is N#Cc1cccc(OCCN2CCc3ccccc3C2CO)c1. The molecule has 1 atom stereocenters. The maximum absolute atomic E-state index is 9.77. The van der Waals surface area contributed by atoms with Crippen molar-refractivity contribution in [2.24, 2.45) is 0 Å². The van der Waals surface area contributed by atoms with Crippen LogP contribution in [-0.2, 0) is 6.42 Å². The fourth-order valence-corrected chi connectivity index (χ4v) is 3.12. The van der Waals surface area contributed by atoms with Gasteiger partial charge in [0.25, 0.3) is 0 Å². The van der Waals surface area contributed by atoms with Gasteiger partial charge in [-0.1, -0.05) is 30.3 Å². The Morgan fingerprint density at radius 2 is 2.09 bits per heavy atom. The Labute approximate surface area is 136 Å². The summed E-state index contributed by atoms with van der Waals surface area (Å²) in [5.74, 6) is 0.710. The minimum absolute atomic E-state index is 0.0361. The Bertz CT molecular complexity index is 709. The van der Waals surface area contributed by atoms with Crippen LogP contribution in [0, 0.1) is 11.3 Å². The third kappa shape index (κ3) is 3.53. The van der Waals surface area contributed by atoms with Crippen LogP contribution in [0.2, 0.25) is 0 Å². The summed E-state index contributed by atoms with van der Waals surface area (Å²) in [5, 5.41) is 18.7. The molecule has 0 saturated heterocycles. The lowest BCUT2D eigenvalue weighted by atomic mass is 9.93. The van der Waals surface area contributed by atoms with E-state index in [4.69, 9.17) is 10.00 Å². The van der Waals surface area contributed by atoms with E-state index >= 15 is 0 Å². The van der Waals surface area contributed by atoms with Gasteiger partial charge in [0.05, 0.1) is 24.3 Å². The predicted molar refractivity (Wildman–Crippen MR) is 88.2 cm³/mol. The van der Waals surface area contributed by atoms with Crippen molar-refractivity contribution in [1.29, 1.82) is 5.26 Å². The largest absolute Gasteiger partial charge is 0.492 e. The van der Waals surface area contributed by atoms with Gasteiger partial charge in [0.1, 0.15) is 12.4 Å². The third-order valence-electron chi connectivity index (χ3n) is 4.31. The standard InChI is InChI=1S/C19H20N2O2/c20-13-15-4-3-6-17(12-15)23-11-10-21-9-8-16-5-1-2-7-18(16)19(21)14-22/h1-7,12,19,22H,8-11,14H2. The van der Waals surface area contributed by atoms with Crippen LogP contribution >= 0.6 is 0 Å². The van der Waals surface area contributed by atoms with Gasteiger partial charge in [0.15, 0.2) is 0 Å². The quantitative estimate of drug-likeness (QED) is 0.922. The van der Waals surface area contributed by atoms with Crippen molar-refractivity contribution in [1.82, 2.24) is 4.90 Å². The van der Waals surface area contributed by atoms with Crippen molar-refractivity contribution < 1.29 is 9.84 Å². The Kier molecular flexibility index (Phi) is 4.92. The predicted octanol–water partition coefficient (Wildman–Crippen LogP) is 2.53. The lowest BCUT2D eigenvalue weighted by Gasteiger charge is -2.36. The highest BCUT2D eigenvalue weighted by Gasteiger charge is 2.26. The molecule has 0 spiro atoms. The van der Waals surface area contributed by atoms with E-state index in [0.717, 1.165) is 19.5 Å². The fraction of sp³-hybridized carbons (Fsp3) is 0.316. The fourth-order valence-electron chi connectivity index (χ4n) is 3.12. The van der Waals surface area contributed by atoms with Gasteiger partial charge >= 0.3 is 0 Å². The van der Waals surface area contributed by atoms with Crippen molar-refractivity contribution in [2.75, 3.05) is 26.3 Å². The van der Waals surface area contributed by atoms with E-state index in [2.05, 4.69) is 23.1 Å². The number of nitrogens with zero attached hydrogens (tertiary/aromatic N) is 2. The molecule has 2 aromatic rings. The van der Waals surface area contributed by atoms with E-state index < -0.39 is 0 Å². The zero-order chi connectivity index (χ0) is 16.1. The molecule has 23 heavy (non-hydrogen) atoms. The smallest absolute Gasteiger partial charge is 0.120 e. The van der Waals surface area contributed by atoms with Gasteiger partial charge in [-0.05, 0) is 35.7 Å². The maximum Gasteiger partial charge on any atom is 0.120 e. The lowest BCUT2D eigenvalue weighted by molar-refractivity contribution is 0.0985. The summed E-state index contributed by atoms with van der Waals surface area (Å²) in [7, 11) is 0. The number of hydrogen-bond acceptors (Lipinski definition) is 4. The summed E-state index contributed by atoms with van der Waals surface area (Å²) in [6, 6.07) is 17.6. The van der Waals surface area contributed by atoms with Gasteiger partial charge in [-0.25, -0.2) is 0 Å². The molecule has 0 aliphatic carbocycles. The molecule has 0 saturated carbocycles. The van der Waals surface area contributed by atoms with Crippen LogP contribution < -0.4 is 4.74 Å². The summed E-state index contributed by atoms with van der Waals surface area (Å²) in [5.41, 5.74) is 3.14. The van der Waals surface area contributed by atoms with E-state index in [-0.39, 0.29) is 12.6 Å². The average Bonchev–Trinajstić information content (AvgIpc) is 2.61. The second-order valence-electron chi connectivity index (χ2n) is 5.67. The summed E-state index contributed by atoms with van der Waals surface area (Å²) in [6.07, 6.45) is 0.997. The lowest BCUT2D eigenvalue weighted by Crippen LogP contribution is -2.39. The van der Waals surface area contributed by atoms with Gasteiger partial charge in [-0.2, -0.15) is 5.26 Å². The van der Waals surface area contributed by atoms with Gasteiger partial charge < -0.3 is 9.84 Å². The summed E-state index contributed by atoms with van der Waals surface area (Å²) < 4.78 is 5.76. The van der Waals surface area contributed by atoms with Crippen LogP contribution in [0.25, 0.3) is 0 Å². The number of nitriles is 1. The second kappa shape index (κ2) is 7.28. The third-order valence-corrected chi connectivity index (χ3v) is 4.31. The molecule has 1 aliphatic rings. The number of ether oxygens (including phenoxy) is 1. The Morgan fingerprint density at radius 1 is 1.22 bits per heavy atom. The van der Waals surface area contributed by atoms with Gasteiger partial charge in [0.2, 0.25) is 0 Å². The van der Waals surface area contributed by atoms with E-state index in [1.165, 1.54) is 11.1 Å². The monoisotopic (exact) mass is 308 g/mol. The Morgan fingerprint density at radius 3 is 2.91 bits per heavy atom. The minimum Gasteiger partial charge on any atom is -0.492 e. The summed E-state index contributed by atoms with van der Waals surface area (Å²) in [4.78, 5) is 2.26. The first-order chi connectivity index (χ1) is 11.3. The van der Waals surface area contributed by atoms with E-state index in [9.17, 15) is 5.11 Å². The zero-order valence-corrected chi connectivity index (χ0v) is 13.0. The van der Waals surface area contributed by atoms with Crippen molar-refractivity contribution >= 4 is 0 Å². The van der Waals surface area contributed by atoms with Gasteiger partial charge in [-0.15, -0.1) is 0 Å². The van der Waals surface area contributed by atoms with Crippen LogP contribution in [0.15, 0.2) is 48.5 Å². The molecule has 0 amide bonds. The summed E-state index contributed by atoms with van der Waals surface area (Å²) >= 11 is 0. The molecule has 1 N–H and O–H groups in total. The second-order valence-corrected chi connectivity index (χ2v) is 5.67. The highest BCUT2D eigenvalue weighted by Crippen LogP contribution is 2.28. The number of fused-ring (bicyclic) bond motifs is 1. The first kappa shape index (κ1) is 15.5. The minimum atomic E-state index is 0.0361. The summed E-state index contributed by atoms with van der Waals surface area (Å²) in [6.45, 7) is 2.31. The zero-order valence-electron chi connectivity index (χ0n) is 13.0. The van der Waals surface area contributed by atoms with Gasteiger partial charge in [-0.3, -0.25) is 4.90 Å². The normalized spacial score (nSPS) is 17.3. The van der Waals surface area contributed by atoms with E-state index in [1.54, 1.807) is 12.1 Å². The molecule has 4 nitrogen and oxygen atoms in total. The first-order valence-corrected chi connectivity index (χ1v) is 7.87. The number of benzene rings is 2. The average molecular weight is 308 g/mol. The number of rotatable bonds is 5. The van der Waals surface area contributed by atoms with Gasteiger partial charge in [0, 0.05) is 13.1 Å². The molecule has 0 radical (unpaired) electrons. The molecule has 0 aromatic heterocycles. The number of aliphatic hydroxyl groups is 1. The van der Waals surface area contributed by atoms with Crippen LogP contribution in [0.1, 0.15) is 22.7 Å². The highest BCUT2D eigenvalue weighted by molar-refractivity contribution is 5.36. The van der Waals surface area contributed by atoms with Crippen molar-refractivity contribution in [3.8, 4) is 11.8 Å². The van der Waals surface area contributed by atoms with Crippen molar-refractivity contribution in [3.63, 3.8) is 0 Å². The topological polar surface area (TPSA) is 56.5 Å². The van der Waals surface area contributed by atoms with E-state index in [0.29, 0.717) is 17.9 Å². The molecular formula is C19H20N2O2. The highest BCUT2D eigenvalue weighted by atomic mass is 16.5. The Balaban J connectivity index is 1.61. The molecule has 0 fully saturated rings. The van der Waals surface area contributed by atoms with Crippen molar-refractivity contribution in [2.45, 2.75) is 12.5 Å². The molecule has 1 unspecified atom stereocenters. The molecule has 2 aromatic carbocycles.